The van der Waals surface area contributed by atoms with E-state index >= 15 is 0 Å². The SMILES string of the molecule is CCNCC(CCSc1ccccc1)c1ccccc1. The van der Waals surface area contributed by atoms with Crippen molar-refractivity contribution < 1.29 is 0 Å². The lowest BCUT2D eigenvalue weighted by molar-refractivity contribution is 0.587. The predicted molar refractivity (Wildman–Crippen MR) is 89.5 cm³/mol. The molecule has 2 aromatic carbocycles. The minimum Gasteiger partial charge on any atom is -0.316 e. The minimum absolute atomic E-state index is 0.604. The van der Waals surface area contributed by atoms with Gasteiger partial charge in [-0.25, -0.2) is 0 Å². The molecule has 106 valence electrons. The van der Waals surface area contributed by atoms with Crippen LogP contribution in [0.25, 0.3) is 0 Å². The Labute approximate surface area is 126 Å². The van der Waals surface area contributed by atoms with E-state index in [2.05, 4.69) is 72.9 Å². The number of thioether (sulfide) groups is 1. The monoisotopic (exact) mass is 285 g/mol. The summed E-state index contributed by atoms with van der Waals surface area (Å²) in [6.07, 6.45) is 1.20. The van der Waals surface area contributed by atoms with Crippen molar-refractivity contribution in [2.45, 2.75) is 24.2 Å². The third-order valence-electron chi connectivity index (χ3n) is 3.39. The Bertz CT molecular complexity index is 469. The van der Waals surface area contributed by atoms with Crippen molar-refractivity contribution in [1.29, 1.82) is 0 Å². The van der Waals surface area contributed by atoms with Crippen LogP contribution in [0, 0.1) is 0 Å². The van der Waals surface area contributed by atoms with Crippen LogP contribution < -0.4 is 5.32 Å². The first-order chi connectivity index (χ1) is 9.90. The second-order valence-corrected chi connectivity index (χ2v) is 6.03. The Morgan fingerprint density at radius 3 is 2.25 bits per heavy atom. The van der Waals surface area contributed by atoms with Gasteiger partial charge in [0.1, 0.15) is 0 Å². The number of rotatable bonds is 8. The third kappa shape index (κ3) is 5.03. The maximum atomic E-state index is 3.49. The van der Waals surface area contributed by atoms with Crippen LogP contribution in [0.2, 0.25) is 0 Å². The van der Waals surface area contributed by atoms with E-state index in [0.717, 1.165) is 18.8 Å². The van der Waals surface area contributed by atoms with Crippen molar-refractivity contribution in [1.82, 2.24) is 5.32 Å². The fourth-order valence-corrected chi connectivity index (χ4v) is 3.25. The van der Waals surface area contributed by atoms with Crippen LogP contribution >= 0.6 is 11.8 Å². The van der Waals surface area contributed by atoms with Gasteiger partial charge in [-0.2, -0.15) is 0 Å². The van der Waals surface area contributed by atoms with Crippen LogP contribution in [0.1, 0.15) is 24.8 Å². The highest BCUT2D eigenvalue weighted by Gasteiger charge is 2.10. The molecule has 0 heterocycles. The Balaban J connectivity index is 1.88. The molecular weight excluding hydrogens is 262 g/mol. The van der Waals surface area contributed by atoms with Gasteiger partial charge >= 0.3 is 0 Å². The van der Waals surface area contributed by atoms with Gasteiger partial charge in [0.25, 0.3) is 0 Å². The largest absolute Gasteiger partial charge is 0.316 e. The molecule has 2 aromatic rings. The van der Waals surface area contributed by atoms with E-state index in [1.54, 1.807) is 0 Å². The van der Waals surface area contributed by atoms with Gasteiger partial charge in [0.2, 0.25) is 0 Å². The highest BCUT2D eigenvalue weighted by molar-refractivity contribution is 7.99. The van der Waals surface area contributed by atoms with Crippen LogP contribution in [0.5, 0.6) is 0 Å². The molecule has 1 unspecified atom stereocenters. The Kier molecular flexibility index (Phi) is 6.69. The van der Waals surface area contributed by atoms with Gasteiger partial charge in [-0.3, -0.25) is 0 Å². The molecule has 0 saturated heterocycles. The summed E-state index contributed by atoms with van der Waals surface area (Å²) in [5.41, 5.74) is 1.45. The Morgan fingerprint density at radius 2 is 1.60 bits per heavy atom. The molecule has 0 bridgehead atoms. The van der Waals surface area contributed by atoms with Crippen LogP contribution in [-0.4, -0.2) is 18.8 Å². The third-order valence-corrected chi connectivity index (χ3v) is 4.44. The van der Waals surface area contributed by atoms with Crippen LogP contribution in [0.3, 0.4) is 0 Å². The zero-order chi connectivity index (χ0) is 14.0. The molecule has 0 saturated carbocycles. The second-order valence-electron chi connectivity index (χ2n) is 4.87. The highest BCUT2D eigenvalue weighted by atomic mass is 32.2. The molecule has 0 aromatic heterocycles. The smallest absolute Gasteiger partial charge is 0.00719 e. The number of hydrogen-bond acceptors (Lipinski definition) is 2. The average Bonchev–Trinajstić information content (AvgIpc) is 2.52. The quantitative estimate of drug-likeness (QED) is 0.713. The van der Waals surface area contributed by atoms with Crippen LogP contribution in [0.15, 0.2) is 65.6 Å². The summed E-state index contributed by atoms with van der Waals surface area (Å²) in [7, 11) is 0. The second kappa shape index (κ2) is 8.83. The normalized spacial score (nSPS) is 12.2. The van der Waals surface area contributed by atoms with Gasteiger partial charge in [0, 0.05) is 11.4 Å². The van der Waals surface area contributed by atoms with Gasteiger partial charge < -0.3 is 5.32 Å². The number of nitrogens with one attached hydrogen (secondary N) is 1. The highest BCUT2D eigenvalue weighted by Crippen LogP contribution is 2.24. The van der Waals surface area contributed by atoms with Gasteiger partial charge in [-0.1, -0.05) is 55.5 Å². The standard InChI is InChI=1S/C18H23NS/c1-2-19-15-17(16-9-5-3-6-10-16)13-14-20-18-11-7-4-8-12-18/h3-12,17,19H,2,13-15H2,1H3. The lowest BCUT2D eigenvalue weighted by Gasteiger charge is -2.17. The van der Waals surface area contributed by atoms with Crippen molar-refractivity contribution in [2.24, 2.45) is 0 Å². The topological polar surface area (TPSA) is 12.0 Å². The summed E-state index contributed by atoms with van der Waals surface area (Å²) < 4.78 is 0. The summed E-state index contributed by atoms with van der Waals surface area (Å²) in [5, 5.41) is 3.49. The Hall–Kier alpha value is -1.25. The maximum Gasteiger partial charge on any atom is 0.00719 e. The van der Waals surface area contributed by atoms with Crippen LogP contribution in [0.4, 0.5) is 0 Å². The molecule has 0 aliphatic carbocycles. The Morgan fingerprint density at radius 1 is 0.950 bits per heavy atom. The minimum atomic E-state index is 0.604. The molecule has 0 amide bonds. The van der Waals surface area contributed by atoms with Crippen molar-refractivity contribution >= 4 is 11.8 Å². The summed E-state index contributed by atoms with van der Waals surface area (Å²) in [6, 6.07) is 21.5. The fraction of sp³-hybridized carbons (Fsp3) is 0.333. The van der Waals surface area contributed by atoms with E-state index < -0.39 is 0 Å². The molecule has 0 aliphatic heterocycles. The van der Waals surface area contributed by atoms with E-state index in [0.29, 0.717) is 5.92 Å². The predicted octanol–water partition coefficient (Wildman–Crippen LogP) is 4.56. The van der Waals surface area contributed by atoms with E-state index in [-0.39, 0.29) is 0 Å². The van der Waals surface area contributed by atoms with Crippen molar-refractivity contribution in [3.05, 3.63) is 66.2 Å². The first-order valence-electron chi connectivity index (χ1n) is 7.33. The molecule has 2 heteroatoms. The molecule has 0 aliphatic rings. The number of benzene rings is 2. The molecular formula is C18H23NS. The van der Waals surface area contributed by atoms with Gasteiger partial charge in [-0.05, 0) is 42.3 Å². The number of hydrogen-bond donors (Lipinski definition) is 1. The van der Waals surface area contributed by atoms with Crippen molar-refractivity contribution in [2.75, 3.05) is 18.8 Å². The molecule has 0 radical (unpaired) electrons. The van der Waals surface area contributed by atoms with E-state index in [4.69, 9.17) is 0 Å². The summed E-state index contributed by atoms with van der Waals surface area (Å²) in [5.74, 6) is 1.77. The molecule has 0 fully saturated rings. The maximum absolute atomic E-state index is 3.49. The number of likely N-dealkylation sites (N-methyl/N-ethyl adjacent to an activating group) is 1. The first kappa shape index (κ1) is 15.1. The first-order valence-corrected chi connectivity index (χ1v) is 8.32. The molecule has 1 atom stereocenters. The summed E-state index contributed by atoms with van der Waals surface area (Å²) >= 11 is 1.95. The van der Waals surface area contributed by atoms with E-state index in [1.807, 2.05) is 11.8 Å². The summed E-state index contributed by atoms with van der Waals surface area (Å²) in [4.78, 5) is 1.36. The van der Waals surface area contributed by atoms with Gasteiger partial charge in [0.05, 0.1) is 0 Å². The average molecular weight is 285 g/mol. The zero-order valence-corrected chi connectivity index (χ0v) is 12.9. The summed E-state index contributed by atoms with van der Waals surface area (Å²) in [6.45, 7) is 4.27. The molecule has 0 spiro atoms. The van der Waals surface area contributed by atoms with Gasteiger partial charge in [0.15, 0.2) is 0 Å². The van der Waals surface area contributed by atoms with E-state index in [9.17, 15) is 0 Å². The lowest BCUT2D eigenvalue weighted by Crippen LogP contribution is -2.21. The zero-order valence-electron chi connectivity index (χ0n) is 12.1. The lowest BCUT2D eigenvalue weighted by atomic mass is 9.96. The van der Waals surface area contributed by atoms with Crippen LogP contribution in [-0.2, 0) is 0 Å². The van der Waals surface area contributed by atoms with Crippen molar-refractivity contribution in [3.8, 4) is 0 Å². The molecule has 2 rings (SSSR count). The molecule has 20 heavy (non-hydrogen) atoms. The molecule has 1 nitrogen and oxygen atoms in total. The molecule has 1 N–H and O–H groups in total. The fourth-order valence-electron chi connectivity index (χ4n) is 2.27. The van der Waals surface area contributed by atoms with Gasteiger partial charge in [-0.15, -0.1) is 11.8 Å². The van der Waals surface area contributed by atoms with E-state index in [1.165, 1.54) is 16.9 Å². The van der Waals surface area contributed by atoms with Crippen molar-refractivity contribution in [3.63, 3.8) is 0 Å².